The minimum absolute atomic E-state index is 0.134. The zero-order valence-corrected chi connectivity index (χ0v) is 9.90. The number of benzene rings is 1. The molecular formula is C14H15NO2. The molecule has 0 N–H and O–H groups in total. The van der Waals surface area contributed by atoms with E-state index >= 15 is 0 Å². The van der Waals surface area contributed by atoms with Crippen molar-refractivity contribution in [3.05, 3.63) is 23.3 Å². The van der Waals surface area contributed by atoms with Gasteiger partial charge in [0, 0.05) is 12.1 Å². The van der Waals surface area contributed by atoms with Gasteiger partial charge in [-0.05, 0) is 30.7 Å². The minimum Gasteiger partial charge on any atom is -0.473 e. The summed E-state index contributed by atoms with van der Waals surface area (Å²) in [5.74, 6) is 1.77. The highest BCUT2D eigenvalue weighted by molar-refractivity contribution is 6.06. The van der Waals surface area contributed by atoms with Crippen molar-refractivity contribution in [3.8, 4) is 5.75 Å². The van der Waals surface area contributed by atoms with E-state index in [4.69, 9.17) is 4.74 Å². The van der Waals surface area contributed by atoms with Crippen LogP contribution in [0, 0.1) is 0 Å². The maximum atomic E-state index is 12.3. The van der Waals surface area contributed by atoms with Gasteiger partial charge in [-0.2, -0.15) is 0 Å². The van der Waals surface area contributed by atoms with Gasteiger partial charge in [0.15, 0.2) is 5.75 Å². The summed E-state index contributed by atoms with van der Waals surface area (Å²) in [6.07, 6.45) is 3.19. The Morgan fingerprint density at radius 2 is 2.12 bits per heavy atom. The second-order valence-electron chi connectivity index (χ2n) is 5.18. The van der Waals surface area contributed by atoms with E-state index in [9.17, 15) is 4.79 Å². The van der Waals surface area contributed by atoms with Crippen molar-refractivity contribution in [2.75, 3.05) is 11.4 Å². The molecule has 17 heavy (non-hydrogen) atoms. The fraction of sp³-hybridized carbons (Fsp3) is 0.500. The van der Waals surface area contributed by atoms with Crippen LogP contribution in [-0.4, -0.2) is 12.5 Å². The number of hydrogen-bond acceptors (Lipinski definition) is 2. The zero-order valence-electron chi connectivity index (χ0n) is 9.90. The predicted octanol–water partition coefficient (Wildman–Crippen LogP) is 2.75. The Labute approximate surface area is 100 Å². The van der Waals surface area contributed by atoms with Crippen LogP contribution in [0.3, 0.4) is 0 Å². The summed E-state index contributed by atoms with van der Waals surface area (Å²) < 4.78 is 5.62. The Morgan fingerprint density at radius 1 is 1.35 bits per heavy atom. The molecule has 88 valence electrons. The lowest BCUT2D eigenvalue weighted by Gasteiger charge is -2.44. The first kappa shape index (κ1) is 9.51. The molecule has 0 radical (unpaired) electrons. The van der Waals surface area contributed by atoms with Crippen LogP contribution in [0.25, 0.3) is 0 Å². The highest BCUT2D eigenvalue weighted by Crippen LogP contribution is 2.57. The fourth-order valence-corrected chi connectivity index (χ4v) is 2.94. The van der Waals surface area contributed by atoms with Crippen molar-refractivity contribution in [2.45, 2.75) is 38.2 Å². The topological polar surface area (TPSA) is 29.5 Å². The molecule has 3 aliphatic heterocycles. The van der Waals surface area contributed by atoms with Gasteiger partial charge in [-0.25, -0.2) is 0 Å². The second-order valence-corrected chi connectivity index (χ2v) is 5.18. The number of fused-ring (bicyclic) bond motifs is 1. The molecule has 3 heterocycles. The van der Waals surface area contributed by atoms with Crippen LogP contribution >= 0.6 is 0 Å². The Kier molecular flexibility index (Phi) is 1.70. The number of nitrogens with zero attached hydrogens (tertiary/aromatic N) is 1. The molecule has 1 aromatic rings. The Balaban J connectivity index is 1.89. The van der Waals surface area contributed by atoms with Crippen molar-refractivity contribution in [1.82, 2.24) is 0 Å². The summed E-state index contributed by atoms with van der Waals surface area (Å²) in [5, 5.41) is 0. The summed E-state index contributed by atoms with van der Waals surface area (Å²) in [5.41, 5.74) is 3.50. The summed E-state index contributed by atoms with van der Waals surface area (Å²) >= 11 is 0. The molecule has 3 heteroatoms. The normalized spacial score (nSPS) is 24.4. The van der Waals surface area contributed by atoms with E-state index in [0.717, 1.165) is 30.0 Å². The van der Waals surface area contributed by atoms with Gasteiger partial charge in [0.2, 0.25) is 6.10 Å². The number of anilines is 1. The maximum absolute atomic E-state index is 12.3. The van der Waals surface area contributed by atoms with Gasteiger partial charge in [-0.15, -0.1) is 0 Å². The summed E-state index contributed by atoms with van der Waals surface area (Å²) in [6, 6.07) is 4.29. The summed E-state index contributed by atoms with van der Waals surface area (Å²) in [4.78, 5) is 14.2. The Morgan fingerprint density at radius 3 is 2.82 bits per heavy atom. The molecule has 0 saturated heterocycles. The largest absolute Gasteiger partial charge is 0.473 e. The highest BCUT2D eigenvalue weighted by atomic mass is 16.5. The first-order chi connectivity index (χ1) is 8.31. The van der Waals surface area contributed by atoms with E-state index in [1.54, 1.807) is 0 Å². The van der Waals surface area contributed by atoms with Crippen LogP contribution in [0.5, 0.6) is 5.75 Å². The molecule has 0 spiro atoms. The van der Waals surface area contributed by atoms with Crippen LogP contribution in [-0.2, 0) is 4.79 Å². The molecule has 1 amide bonds. The third kappa shape index (κ3) is 1.09. The van der Waals surface area contributed by atoms with Gasteiger partial charge in [0.25, 0.3) is 5.91 Å². The van der Waals surface area contributed by atoms with Crippen molar-refractivity contribution < 1.29 is 9.53 Å². The minimum atomic E-state index is -0.308. The van der Waals surface area contributed by atoms with Crippen LogP contribution in [0.2, 0.25) is 0 Å². The van der Waals surface area contributed by atoms with Gasteiger partial charge in [-0.3, -0.25) is 4.79 Å². The Hall–Kier alpha value is -1.51. The molecule has 1 unspecified atom stereocenters. The molecule has 1 fully saturated rings. The lowest BCUT2D eigenvalue weighted by atomic mass is 9.90. The van der Waals surface area contributed by atoms with E-state index in [1.807, 2.05) is 4.90 Å². The van der Waals surface area contributed by atoms with Gasteiger partial charge in [0.05, 0.1) is 5.69 Å². The zero-order chi connectivity index (χ0) is 11.6. The maximum Gasteiger partial charge on any atom is 0.273 e. The molecule has 1 saturated carbocycles. The van der Waals surface area contributed by atoms with Gasteiger partial charge < -0.3 is 9.64 Å². The Bertz CT molecular complexity index is 519. The first-order valence-electron chi connectivity index (χ1n) is 6.46. The average Bonchev–Trinajstić information content (AvgIpc) is 3.09. The molecule has 1 atom stereocenters. The molecule has 4 bridgehead atoms. The van der Waals surface area contributed by atoms with Crippen LogP contribution in [0.1, 0.15) is 49.3 Å². The number of carbonyl (C=O) groups excluding carboxylic acids is 1. The summed E-state index contributed by atoms with van der Waals surface area (Å²) in [7, 11) is 0. The average molecular weight is 229 g/mol. The molecule has 1 aromatic carbocycles. The molecule has 3 nitrogen and oxygen atoms in total. The lowest BCUT2D eigenvalue weighted by molar-refractivity contribution is -0.129. The van der Waals surface area contributed by atoms with E-state index in [2.05, 4.69) is 19.1 Å². The van der Waals surface area contributed by atoms with Crippen molar-refractivity contribution in [2.24, 2.45) is 0 Å². The monoisotopic (exact) mass is 229 g/mol. The number of ether oxygens (including phenoxy) is 1. The molecule has 1 aliphatic carbocycles. The van der Waals surface area contributed by atoms with Crippen molar-refractivity contribution in [1.29, 1.82) is 0 Å². The second kappa shape index (κ2) is 3.03. The van der Waals surface area contributed by atoms with E-state index in [-0.39, 0.29) is 12.0 Å². The number of hydrogen-bond donors (Lipinski definition) is 0. The quantitative estimate of drug-likeness (QED) is 0.797. The predicted molar refractivity (Wildman–Crippen MR) is 64.4 cm³/mol. The van der Waals surface area contributed by atoms with Crippen molar-refractivity contribution >= 4 is 11.6 Å². The van der Waals surface area contributed by atoms with E-state index in [0.29, 0.717) is 5.92 Å². The van der Waals surface area contributed by atoms with Crippen molar-refractivity contribution in [3.63, 3.8) is 0 Å². The van der Waals surface area contributed by atoms with Gasteiger partial charge >= 0.3 is 0 Å². The molecular weight excluding hydrogens is 214 g/mol. The third-order valence-corrected chi connectivity index (χ3v) is 3.94. The number of carbonyl (C=O) groups is 1. The van der Waals surface area contributed by atoms with Crippen LogP contribution in [0.4, 0.5) is 5.69 Å². The van der Waals surface area contributed by atoms with Gasteiger partial charge in [0.1, 0.15) is 0 Å². The first-order valence-corrected chi connectivity index (χ1v) is 6.46. The lowest BCUT2D eigenvalue weighted by Crippen LogP contribution is -2.47. The smallest absolute Gasteiger partial charge is 0.273 e. The molecule has 0 aromatic heterocycles. The molecule has 4 aliphatic rings. The highest BCUT2D eigenvalue weighted by Gasteiger charge is 2.48. The fourth-order valence-electron chi connectivity index (χ4n) is 2.94. The van der Waals surface area contributed by atoms with E-state index in [1.165, 1.54) is 18.4 Å². The third-order valence-electron chi connectivity index (χ3n) is 3.94. The summed E-state index contributed by atoms with van der Waals surface area (Å²) in [6.45, 7) is 2.93. The standard InChI is InChI=1S/C14H15NO2/c1-2-7-15-11-9(8-3-4-8)5-6-10-12(11)17-13(10)14(15)16/h5-6,8,13H,2-4,7H2,1H3. The van der Waals surface area contributed by atoms with Crippen LogP contribution < -0.4 is 9.64 Å². The van der Waals surface area contributed by atoms with Crippen LogP contribution in [0.15, 0.2) is 12.1 Å². The SMILES string of the molecule is CCCN1C(=O)C2Oc3c2ccc(C2CC2)c31. The van der Waals surface area contributed by atoms with E-state index < -0.39 is 0 Å². The molecule has 5 rings (SSSR count). The number of amides is 1. The van der Waals surface area contributed by atoms with Gasteiger partial charge in [-0.1, -0.05) is 19.1 Å². The number of rotatable bonds is 3.